The van der Waals surface area contributed by atoms with Crippen molar-refractivity contribution in [2.75, 3.05) is 33.8 Å². The Morgan fingerprint density at radius 1 is 1.31 bits per heavy atom. The summed E-state index contributed by atoms with van der Waals surface area (Å²) in [5.74, 6) is -0.322. The molecule has 1 amide bonds. The third kappa shape index (κ3) is 6.23. The third-order valence-electron chi connectivity index (χ3n) is 3.88. The minimum Gasteiger partial charge on any atom is -0.460 e. The Morgan fingerprint density at radius 2 is 2.00 bits per heavy atom. The SMILES string of the molecule is Cc1ccc(/C=C2\SC(=S)N(CCCC(=O)OCC[NH+](C)C)C2=O)cc1. The van der Waals surface area contributed by atoms with E-state index in [-0.39, 0.29) is 18.3 Å². The van der Waals surface area contributed by atoms with Gasteiger partial charge in [0.1, 0.15) is 17.5 Å². The molecule has 1 aromatic carbocycles. The first-order valence-corrected chi connectivity index (χ1v) is 9.86. The van der Waals surface area contributed by atoms with E-state index in [2.05, 4.69) is 0 Å². The Hall–Kier alpha value is -1.70. The van der Waals surface area contributed by atoms with Gasteiger partial charge in [0.15, 0.2) is 0 Å². The van der Waals surface area contributed by atoms with Gasteiger partial charge in [-0.3, -0.25) is 14.5 Å². The molecule has 1 N–H and O–H groups in total. The van der Waals surface area contributed by atoms with Gasteiger partial charge in [0, 0.05) is 13.0 Å². The lowest BCUT2D eigenvalue weighted by Crippen LogP contribution is -3.06. The molecular weight excluding hydrogens is 368 g/mol. The van der Waals surface area contributed by atoms with E-state index in [1.807, 2.05) is 51.4 Å². The number of ether oxygens (including phenoxy) is 1. The molecule has 26 heavy (non-hydrogen) atoms. The van der Waals surface area contributed by atoms with Crippen molar-refractivity contribution in [1.82, 2.24) is 4.90 Å². The van der Waals surface area contributed by atoms with Crippen molar-refractivity contribution in [3.63, 3.8) is 0 Å². The van der Waals surface area contributed by atoms with Crippen molar-refractivity contribution in [3.05, 3.63) is 40.3 Å². The number of aryl methyl sites for hydroxylation is 1. The summed E-state index contributed by atoms with van der Waals surface area (Å²) in [5.41, 5.74) is 2.15. The number of amides is 1. The number of nitrogens with zero attached hydrogens (tertiary/aromatic N) is 1. The van der Waals surface area contributed by atoms with Crippen molar-refractivity contribution in [1.29, 1.82) is 0 Å². The first-order chi connectivity index (χ1) is 12.4. The fourth-order valence-electron chi connectivity index (χ4n) is 2.33. The second-order valence-corrected chi connectivity index (χ2v) is 8.20. The molecule has 1 aliphatic rings. The monoisotopic (exact) mass is 393 g/mol. The van der Waals surface area contributed by atoms with Gasteiger partial charge in [-0.15, -0.1) is 0 Å². The maximum atomic E-state index is 12.5. The van der Waals surface area contributed by atoms with Crippen LogP contribution in [0.25, 0.3) is 6.08 Å². The fraction of sp³-hybridized carbons (Fsp3) is 0.421. The largest absolute Gasteiger partial charge is 0.460 e. The maximum Gasteiger partial charge on any atom is 0.306 e. The van der Waals surface area contributed by atoms with E-state index in [0.717, 1.165) is 12.1 Å². The van der Waals surface area contributed by atoms with Crippen LogP contribution in [0, 0.1) is 6.92 Å². The Labute approximate surface area is 164 Å². The molecule has 1 aromatic rings. The predicted molar refractivity (Wildman–Crippen MR) is 109 cm³/mol. The first-order valence-electron chi connectivity index (χ1n) is 8.63. The van der Waals surface area contributed by atoms with Crippen molar-refractivity contribution < 1.29 is 19.2 Å². The molecule has 0 radical (unpaired) electrons. The van der Waals surface area contributed by atoms with E-state index < -0.39 is 0 Å². The van der Waals surface area contributed by atoms with Gasteiger partial charge in [0.2, 0.25) is 0 Å². The smallest absolute Gasteiger partial charge is 0.306 e. The highest BCUT2D eigenvalue weighted by Gasteiger charge is 2.31. The molecular formula is C19H25N2O3S2+. The van der Waals surface area contributed by atoms with Crippen molar-refractivity contribution in [3.8, 4) is 0 Å². The minimum absolute atomic E-state index is 0.0925. The van der Waals surface area contributed by atoms with E-state index in [4.69, 9.17) is 17.0 Å². The van der Waals surface area contributed by atoms with E-state index in [1.54, 1.807) is 4.90 Å². The van der Waals surface area contributed by atoms with Crippen LogP contribution < -0.4 is 4.90 Å². The Kier molecular flexibility index (Phi) is 7.81. The number of carbonyl (C=O) groups excluding carboxylic acids is 2. The Balaban J connectivity index is 1.83. The summed E-state index contributed by atoms with van der Waals surface area (Å²) in [6.07, 6.45) is 2.69. The number of esters is 1. The average molecular weight is 394 g/mol. The summed E-state index contributed by atoms with van der Waals surface area (Å²) >= 11 is 6.62. The second kappa shape index (κ2) is 9.85. The summed E-state index contributed by atoms with van der Waals surface area (Å²) in [4.78, 5) is 27.7. The highest BCUT2D eigenvalue weighted by Crippen LogP contribution is 2.32. The number of benzene rings is 1. The van der Waals surface area contributed by atoms with Crippen LogP contribution in [0.1, 0.15) is 24.0 Å². The lowest BCUT2D eigenvalue weighted by Gasteiger charge is -2.14. The van der Waals surface area contributed by atoms with Crippen LogP contribution in [0.5, 0.6) is 0 Å². The number of thioether (sulfide) groups is 1. The highest BCUT2D eigenvalue weighted by molar-refractivity contribution is 8.26. The zero-order chi connectivity index (χ0) is 19.1. The van der Waals surface area contributed by atoms with Crippen LogP contribution in [0.2, 0.25) is 0 Å². The number of hydrogen-bond acceptors (Lipinski definition) is 5. The van der Waals surface area contributed by atoms with E-state index >= 15 is 0 Å². The molecule has 0 spiro atoms. The maximum absolute atomic E-state index is 12.5. The number of quaternary nitrogens is 1. The lowest BCUT2D eigenvalue weighted by atomic mass is 10.1. The number of thiocarbonyl (C=S) groups is 1. The lowest BCUT2D eigenvalue weighted by molar-refractivity contribution is -0.858. The zero-order valence-corrected chi connectivity index (χ0v) is 17.0. The zero-order valence-electron chi connectivity index (χ0n) is 15.4. The fourth-order valence-corrected chi connectivity index (χ4v) is 3.64. The normalized spacial score (nSPS) is 16.0. The number of rotatable bonds is 8. The molecule has 0 unspecified atom stereocenters. The molecule has 2 rings (SSSR count). The van der Waals surface area contributed by atoms with Crippen molar-refractivity contribution in [2.45, 2.75) is 19.8 Å². The van der Waals surface area contributed by atoms with Crippen LogP contribution >= 0.6 is 24.0 Å². The molecule has 5 nitrogen and oxygen atoms in total. The topological polar surface area (TPSA) is 51.1 Å². The minimum atomic E-state index is -0.230. The molecule has 140 valence electrons. The molecule has 0 saturated carbocycles. The molecule has 0 aromatic heterocycles. The Morgan fingerprint density at radius 3 is 2.65 bits per heavy atom. The van der Waals surface area contributed by atoms with Crippen molar-refractivity contribution >= 4 is 46.3 Å². The molecule has 0 bridgehead atoms. The summed E-state index contributed by atoms with van der Waals surface area (Å²) in [6, 6.07) is 7.98. The van der Waals surface area contributed by atoms with E-state index in [9.17, 15) is 9.59 Å². The highest BCUT2D eigenvalue weighted by atomic mass is 32.2. The predicted octanol–water partition coefficient (Wildman–Crippen LogP) is 1.66. The standard InChI is InChI=1S/C19H24N2O3S2/c1-14-6-8-15(9-7-14)13-16-18(23)21(19(25)26-16)10-4-5-17(22)24-12-11-20(2)3/h6-9,13H,4-5,10-12H2,1-3H3/p+1/b16-13-. The van der Waals surface area contributed by atoms with Crippen LogP contribution in [-0.4, -0.2) is 54.9 Å². The van der Waals surface area contributed by atoms with Crippen molar-refractivity contribution in [2.24, 2.45) is 0 Å². The van der Waals surface area contributed by atoms with Gasteiger partial charge in [-0.05, 0) is 25.0 Å². The quantitative estimate of drug-likeness (QED) is 0.414. The van der Waals surface area contributed by atoms with Crippen LogP contribution in [0.3, 0.4) is 0 Å². The van der Waals surface area contributed by atoms with Gasteiger partial charge in [-0.2, -0.15) is 0 Å². The summed E-state index contributed by atoms with van der Waals surface area (Å²) < 4.78 is 5.71. The summed E-state index contributed by atoms with van der Waals surface area (Å²) in [5, 5.41) is 0. The van der Waals surface area contributed by atoms with E-state index in [0.29, 0.717) is 28.8 Å². The van der Waals surface area contributed by atoms with E-state index in [1.165, 1.54) is 22.2 Å². The van der Waals surface area contributed by atoms with Gasteiger partial charge in [-0.1, -0.05) is 53.8 Å². The average Bonchev–Trinajstić information content (AvgIpc) is 2.84. The summed E-state index contributed by atoms with van der Waals surface area (Å²) in [6.45, 7) is 3.66. The number of nitrogens with one attached hydrogen (secondary N) is 1. The van der Waals surface area contributed by atoms with Gasteiger partial charge in [-0.25, -0.2) is 0 Å². The molecule has 7 heteroatoms. The molecule has 0 atom stereocenters. The second-order valence-electron chi connectivity index (χ2n) is 6.53. The van der Waals surface area contributed by atoms with Gasteiger partial charge < -0.3 is 9.64 Å². The number of likely N-dealkylation sites (N-methyl/N-ethyl adjacent to an activating group) is 1. The first kappa shape index (κ1) is 20.6. The van der Waals surface area contributed by atoms with Crippen LogP contribution in [-0.2, 0) is 14.3 Å². The number of carbonyl (C=O) groups is 2. The molecule has 1 heterocycles. The van der Waals surface area contributed by atoms with Gasteiger partial charge in [0.05, 0.1) is 19.0 Å². The van der Waals surface area contributed by atoms with Gasteiger partial charge >= 0.3 is 5.97 Å². The summed E-state index contributed by atoms with van der Waals surface area (Å²) in [7, 11) is 4.01. The van der Waals surface area contributed by atoms with Crippen LogP contribution in [0.4, 0.5) is 0 Å². The third-order valence-corrected chi connectivity index (χ3v) is 5.25. The van der Waals surface area contributed by atoms with Gasteiger partial charge in [0.25, 0.3) is 5.91 Å². The van der Waals surface area contributed by atoms with Crippen LogP contribution in [0.15, 0.2) is 29.2 Å². The molecule has 1 fully saturated rings. The molecule has 0 aliphatic carbocycles. The molecule has 1 saturated heterocycles. The molecule has 1 aliphatic heterocycles. The number of hydrogen-bond donors (Lipinski definition) is 1. The Bertz CT molecular complexity index is 699.